The normalized spacial score (nSPS) is 12.2. The summed E-state index contributed by atoms with van der Waals surface area (Å²) in [6.07, 6.45) is -0.757. The molecule has 0 aromatic heterocycles. The molecule has 2 aromatic carbocycles. The molecule has 106 valence electrons. The fraction of sp³-hybridized carbons (Fsp3) is 0.200. The number of hydrogen-bond acceptors (Lipinski definition) is 2. The molecule has 0 heterocycles. The molecule has 0 aliphatic rings. The predicted octanol–water partition coefficient (Wildman–Crippen LogP) is 4.25. The molecule has 0 radical (unpaired) electrons. The monoisotopic (exact) mass is 298 g/mol. The Morgan fingerprint density at radius 1 is 1.15 bits per heavy atom. The maximum atomic E-state index is 13.7. The van der Waals surface area contributed by atoms with Gasteiger partial charge in [0, 0.05) is 10.6 Å². The molecule has 5 heteroatoms. The molecule has 0 saturated heterocycles. The van der Waals surface area contributed by atoms with Gasteiger partial charge < -0.3 is 9.84 Å². The molecule has 0 aliphatic heterocycles. The molecule has 0 spiro atoms. The highest BCUT2D eigenvalue weighted by molar-refractivity contribution is 6.30. The third kappa shape index (κ3) is 3.46. The summed E-state index contributed by atoms with van der Waals surface area (Å²) in [5.74, 6) is -1.10. The number of rotatable bonds is 4. The van der Waals surface area contributed by atoms with Crippen molar-refractivity contribution < 1.29 is 18.6 Å². The van der Waals surface area contributed by atoms with E-state index in [0.717, 1.165) is 0 Å². The van der Waals surface area contributed by atoms with Crippen molar-refractivity contribution in [2.75, 3.05) is 0 Å². The van der Waals surface area contributed by atoms with E-state index >= 15 is 0 Å². The second kappa shape index (κ2) is 6.20. The lowest BCUT2D eigenvalue weighted by atomic mass is 10.1. The summed E-state index contributed by atoms with van der Waals surface area (Å²) in [6.45, 7) is 1.44. The molecular weight excluding hydrogens is 286 g/mol. The number of hydrogen-bond donors (Lipinski definition) is 1. The van der Waals surface area contributed by atoms with Crippen LogP contribution in [0.15, 0.2) is 36.4 Å². The van der Waals surface area contributed by atoms with Crippen LogP contribution in [0.5, 0.6) is 5.75 Å². The summed E-state index contributed by atoms with van der Waals surface area (Å²) < 4.78 is 32.5. The highest BCUT2D eigenvalue weighted by atomic mass is 35.5. The molecular formula is C15H13ClF2O2. The van der Waals surface area contributed by atoms with Gasteiger partial charge >= 0.3 is 0 Å². The fourth-order valence-electron chi connectivity index (χ4n) is 1.69. The molecule has 0 aliphatic carbocycles. The Hall–Kier alpha value is -1.65. The molecule has 2 nitrogen and oxygen atoms in total. The zero-order chi connectivity index (χ0) is 14.7. The van der Waals surface area contributed by atoms with Crippen LogP contribution in [0.4, 0.5) is 8.78 Å². The van der Waals surface area contributed by atoms with Crippen molar-refractivity contribution in [2.24, 2.45) is 0 Å². The largest absolute Gasteiger partial charge is 0.486 e. The minimum Gasteiger partial charge on any atom is -0.486 e. The molecule has 0 saturated carbocycles. The third-order valence-corrected chi connectivity index (χ3v) is 3.07. The Morgan fingerprint density at radius 2 is 1.90 bits per heavy atom. The van der Waals surface area contributed by atoms with Gasteiger partial charge in [0.05, 0.1) is 6.10 Å². The molecule has 0 bridgehead atoms. The molecule has 0 fully saturated rings. The van der Waals surface area contributed by atoms with Gasteiger partial charge in [-0.3, -0.25) is 0 Å². The molecule has 1 atom stereocenters. The van der Waals surface area contributed by atoms with Gasteiger partial charge in [-0.1, -0.05) is 23.7 Å². The second-order valence-electron chi connectivity index (χ2n) is 4.39. The van der Waals surface area contributed by atoms with Crippen LogP contribution in [0.25, 0.3) is 0 Å². The smallest absolute Gasteiger partial charge is 0.165 e. The van der Waals surface area contributed by atoms with Gasteiger partial charge in [0.15, 0.2) is 11.6 Å². The number of benzene rings is 2. The van der Waals surface area contributed by atoms with Crippen LogP contribution in [0.1, 0.15) is 24.2 Å². The van der Waals surface area contributed by atoms with Crippen LogP contribution < -0.4 is 4.74 Å². The van der Waals surface area contributed by atoms with Gasteiger partial charge in [0.25, 0.3) is 0 Å². The number of aliphatic hydroxyl groups excluding tert-OH is 1. The first-order valence-corrected chi connectivity index (χ1v) is 6.39. The van der Waals surface area contributed by atoms with Crippen molar-refractivity contribution in [3.63, 3.8) is 0 Å². The van der Waals surface area contributed by atoms with Gasteiger partial charge in [-0.25, -0.2) is 8.78 Å². The first-order chi connectivity index (χ1) is 9.47. The van der Waals surface area contributed by atoms with Crippen molar-refractivity contribution >= 4 is 11.6 Å². The minimum atomic E-state index is -0.757. The maximum Gasteiger partial charge on any atom is 0.165 e. The van der Waals surface area contributed by atoms with Crippen molar-refractivity contribution in [1.29, 1.82) is 0 Å². The first kappa shape index (κ1) is 14.8. The lowest BCUT2D eigenvalue weighted by molar-refractivity contribution is 0.198. The minimum absolute atomic E-state index is 0.00347. The van der Waals surface area contributed by atoms with E-state index in [2.05, 4.69) is 0 Å². The second-order valence-corrected chi connectivity index (χ2v) is 4.83. The van der Waals surface area contributed by atoms with E-state index < -0.39 is 17.7 Å². The Bertz CT molecular complexity index is 615. The lowest BCUT2D eigenvalue weighted by Gasteiger charge is -2.10. The third-order valence-electron chi connectivity index (χ3n) is 2.84. The zero-order valence-electron chi connectivity index (χ0n) is 10.7. The molecule has 1 N–H and O–H groups in total. The Morgan fingerprint density at radius 3 is 2.50 bits per heavy atom. The maximum absolute atomic E-state index is 13.7. The Kier molecular flexibility index (Phi) is 4.57. The molecule has 20 heavy (non-hydrogen) atoms. The van der Waals surface area contributed by atoms with Crippen LogP contribution >= 0.6 is 11.6 Å². The van der Waals surface area contributed by atoms with Crippen molar-refractivity contribution in [3.05, 3.63) is 64.2 Å². The quantitative estimate of drug-likeness (QED) is 0.914. The summed E-state index contributed by atoms with van der Waals surface area (Å²) in [7, 11) is 0. The molecule has 2 aromatic rings. The van der Waals surface area contributed by atoms with E-state index in [9.17, 15) is 13.9 Å². The van der Waals surface area contributed by atoms with E-state index in [0.29, 0.717) is 10.6 Å². The van der Waals surface area contributed by atoms with Gasteiger partial charge in [-0.2, -0.15) is 0 Å². The number of halogens is 3. The van der Waals surface area contributed by atoms with E-state index in [1.165, 1.54) is 30.3 Å². The van der Waals surface area contributed by atoms with Crippen molar-refractivity contribution in [2.45, 2.75) is 19.6 Å². The highest BCUT2D eigenvalue weighted by Gasteiger charge is 2.09. The van der Waals surface area contributed by atoms with E-state index in [1.807, 2.05) is 0 Å². The standard InChI is InChI=1S/C15H13ClF2O2/c1-9(19)10-3-5-15(14(18)6-10)20-8-11-2-4-12(16)7-13(11)17/h2-7,9,19H,8H2,1H3/t9-/m1/s1. The summed E-state index contributed by atoms with van der Waals surface area (Å²) >= 11 is 5.64. The Labute approximate surface area is 120 Å². The first-order valence-electron chi connectivity index (χ1n) is 6.01. The average Bonchev–Trinajstić information content (AvgIpc) is 2.38. The van der Waals surface area contributed by atoms with Gasteiger partial charge in [0.1, 0.15) is 12.4 Å². The number of aliphatic hydroxyl groups is 1. The number of ether oxygens (including phenoxy) is 1. The molecule has 2 rings (SSSR count). The summed E-state index contributed by atoms with van der Waals surface area (Å²) in [6, 6.07) is 8.35. The molecule has 0 amide bonds. The van der Waals surface area contributed by atoms with Crippen molar-refractivity contribution in [1.82, 2.24) is 0 Å². The summed E-state index contributed by atoms with van der Waals surface area (Å²) in [5, 5.41) is 9.63. The molecule has 0 unspecified atom stereocenters. The lowest BCUT2D eigenvalue weighted by Crippen LogP contribution is -2.01. The topological polar surface area (TPSA) is 29.5 Å². The zero-order valence-corrected chi connectivity index (χ0v) is 11.5. The van der Waals surface area contributed by atoms with Crippen LogP contribution in [0.2, 0.25) is 5.02 Å². The van der Waals surface area contributed by atoms with E-state index in [1.54, 1.807) is 13.0 Å². The predicted molar refractivity (Wildman–Crippen MR) is 72.8 cm³/mol. The van der Waals surface area contributed by atoms with Crippen LogP contribution in [-0.4, -0.2) is 5.11 Å². The van der Waals surface area contributed by atoms with Crippen LogP contribution in [0.3, 0.4) is 0 Å². The van der Waals surface area contributed by atoms with Crippen LogP contribution in [-0.2, 0) is 6.61 Å². The average molecular weight is 299 g/mol. The van der Waals surface area contributed by atoms with Gasteiger partial charge in [-0.05, 0) is 36.8 Å². The highest BCUT2D eigenvalue weighted by Crippen LogP contribution is 2.23. The SMILES string of the molecule is C[C@@H](O)c1ccc(OCc2ccc(Cl)cc2F)c(F)c1. The van der Waals surface area contributed by atoms with E-state index in [4.69, 9.17) is 16.3 Å². The fourth-order valence-corrected chi connectivity index (χ4v) is 1.85. The van der Waals surface area contributed by atoms with Crippen LogP contribution in [0, 0.1) is 11.6 Å². The van der Waals surface area contributed by atoms with Gasteiger partial charge in [-0.15, -0.1) is 0 Å². The van der Waals surface area contributed by atoms with Gasteiger partial charge in [0.2, 0.25) is 0 Å². The Balaban J connectivity index is 2.11. The van der Waals surface area contributed by atoms with E-state index in [-0.39, 0.29) is 17.9 Å². The van der Waals surface area contributed by atoms with Crippen molar-refractivity contribution in [3.8, 4) is 5.75 Å². The summed E-state index contributed by atoms with van der Waals surface area (Å²) in [4.78, 5) is 0. The summed E-state index contributed by atoms with van der Waals surface area (Å²) in [5.41, 5.74) is 0.737.